The molecule has 2 rings (SSSR count). The summed E-state index contributed by atoms with van der Waals surface area (Å²) in [4.78, 5) is 0. The normalized spacial score (nSPS) is 10.8. The van der Waals surface area contributed by atoms with Gasteiger partial charge in [-0.15, -0.1) is 0 Å². The van der Waals surface area contributed by atoms with Crippen molar-refractivity contribution in [1.29, 1.82) is 0 Å². The molecule has 0 amide bonds. The van der Waals surface area contributed by atoms with Crippen LogP contribution < -0.4 is 5.32 Å². The Labute approximate surface area is 116 Å². The van der Waals surface area contributed by atoms with Gasteiger partial charge in [0, 0.05) is 22.3 Å². The molecule has 0 aliphatic heterocycles. The molecular formula is C14H18BrN3. The van der Waals surface area contributed by atoms with Crippen molar-refractivity contribution in [3.8, 4) is 5.69 Å². The number of nitrogens with one attached hydrogen (secondary N) is 1. The molecule has 0 unspecified atom stereocenters. The van der Waals surface area contributed by atoms with Crippen LogP contribution >= 0.6 is 15.9 Å². The van der Waals surface area contributed by atoms with Crippen LogP contribution in [0.1, 0.15) is 25.1 Å². The summed E-state index contributed by atoms with van der Waals surface area (Å²) in [5, 5.41) is 7.85. The molecule has 0 atom stereocenters. The zero-order valence-electron chi connectivity index (χ0n) is 10.8. The Balaban J connectivity index is 2.33. The summed E-state index contributed by atoms with van der Waals surface area (Å²) in [5.74, 6) is 0. The first-order valence-electron chi connectivity index (χ1n) is 6.28. The average molecular weight is 308 g/mol. The average Bonchev–Trinajstić information content (AvgIpc) is 2.80. The van der Waals surface area contributed by atoms with Crippen molar-refractivity contribution < 1.29 is 0 Å². The molecule has 1 aromatic carbocycles. The van der Waals surface area contributed by atoms with Gasteiger partial charge in [0.05, 0.1) is 11.9 Å². The Hall–Kier alpha value is -1.13. The number of rotatable bonds is 5. The lowest BCUT2D eigenvalue weighted by Gasteiger charge is -2.08. The van der Waals surface area contributed by atoms with Crippen molar-refractivity contribution >= 4 is 15.9 Å². The Morgan fingerprint density at radius 3 is 2.56 bits per heavy atom. The van der Waals surface area contributed by atoms with Crippen molar-refractivity contribution in [3.05, 3.63) is 46.2 Å². The first-order chi connectivity index (χ1) is 8.76. The van der Waals surface area contributed by atoms with Gasteiger partial charge in [-0.2, -0.15) is 5.10 Å². The molecule has 1 N–H and O–H groups in total. The summed E-state index contributed by atoms with van der Waals surface area (Å²) in [7, 11) is 0. The third kappa shape index (κ3) is 2.82. The van der Waals surface area contributed by atoms with Gasteiger partial charge in [-0.1, -0.05) is 29.8 Å². The molecule has 0 spiro atoms. The van der Waals surface area contributed by atoms with Gasteiger partial charge in [0.25, 0.3) is 0 Å². The van der Waals surface area contributed by atoms with E-state index >= 15 is 0 Å². The highest BCUT2D eigenvalue weighted by atomic mass is 79.9. The Kier molecular flexibility index (Phi) is 4.55. The number of benzene rings is 1. The smallest absolute Gasteiger partial charge is 0.0649 e. The largest absolute Gasteiger partial charge is 0.313 e. The first kappa shape index (κ1) is 13.3. The lowest BCUT2D eigenvalue weighted by molar-refractivity contribution is 0.716. The summed E-state index contributed by atoms with van der Waals surface area (Å²) in [6, 6.07) is 8.24. The summed E-state index contributed by atoms with van der Waals surface area (Å²) in [6.45, 7) is 6.15. The van der Waals surface area contributed by atoms with Gasteiger partial charge >= 0.3 is 0 Å². The number of hydrogen-bond donors (Lipinski definition) is 1. The van der Waals surface area contributed by atoms with Gasteiger partial charge in [0.2, 0.25) is 0 Å². The quantitative estimate of drug-likeness (QED) is 0.918. The molecule has 96 valence electrons. The van der Waals surface area contributed by atoms with E-state index in [0.717, 1.165) is 29.7 Å². The molecule has 1 heterocycles. The van der Waals surface area contributed by atoms with Crippen molar-refractivity contribution in [1.82, 2.24) is 15.1 Å². The summed E-state index contributed by atoms with van der Waals surface area (Å²) < 4.78 is 3.11. The first-order valence-corrected chi connectivity index (χ1v) is 7.08. The Morgan fingerprint density at radius 2 is 1.94 bits per heavy atom. The molecule has 0 bridgehead atoms. The van der Waals surface area contributed by atoms with Crippen molar-refractivity contribution in [3.63, 3.8) is 0 Å². The van der Waals surface area contributed by atoms with Gasteiger partial charge in [-0.05, 0) is 37.2 Å². The van der Waals surface area contributed by atoms with Crippen molar-refractivity contribution in [2.75, 3.05) is 6.54 Å². The van der Waals surface area contributed by atoms with Gasteiger partial charge in [0.1, 0.15) is 0 Å². The maximum Gasteiger partial charge on any atom is 0.0649 e. The fraction of sp³-hybridized carbons (Fsp3) is 0.357. The van der Waals surface area contributed by atoms with E-state index in [2.05, 4.69) is 52.3 Å². The zero-order valence-corrected chi connectivity index (χ0v) is 12.4. The van der Waals surface area contributed by atoms with E-state index in [0.29, 0.717) is 0 Å². The van der Waals surface area contributed by atoms with E-state index in [4.69, 9.17) is 0 Å². The molecule has 0 aliphatic rings. The molecular weight excluding hydrogens is 290 g/mol. The SMILES string of the molecule is CCNCc1cnn(-c2ccc(Br)cc2)c1CC. The van der Waals surface area contributed by atoms with Gasteiger partial charge in [-0.25, -0.2) is 4.68 Å². The van der Waals surface area contributed by atoms with E-state index in [1.54, 1.807) is 0 Å². The molecule has 0 saturated heterocycles. The van der Waals surface area contributed by atoms with E-state index in [1.807, 2.05) is 23.0 Å². The highest BCUT2D eigenvalue weighted by Gasteiger charge is 2.09. The van der Waals surface area contributed by atoms with E-state index in [-0.39, 0.29) is 0 Å². The van der Waals surface area contributed by atoms with Crippen LogP contribution in [0.4, 0.5) is 0 Å². The predicted octanol–water partition coefficient (Wildman–Crippen LogP) is 3.31. The number of hydrogen-bond acceptors (Lipinski definition) is 2. The minimum Gasteiger partial charge on any atom is -0.313 e. The van der Waals surface area contributed by atoms with E-state index < -0.39 is 0 Å². The molecule has 4 heteroatoms. The lowest BCUT2D eigenvalue weighted by Crippen LogP contribution is -2.13. The van der Waals surface area contributed by atoms with E-state index in [1.165, 1.54) is 11.3 Å². The second kappa shape index (κ2) is 6.16. The number of aromatic nitrogens is 2. The Morgan fingerprint density at radius 1 is 1.22 bits per heavy atom. The molecule has 0 radical (unpaired) electrons. The van der Waals surface area contributed by atoms with Crippen LogP contribution in [0.25, 0.3) is 5.69 Å². The van der Waals surface area contributed by atoms with Gasteiger partial charge in [0.15, 0.2) is 0 Å². The van der Waals surface area contributed by atoms with Gasteiger partial charge in [-0.3, -0.25) is 0 Å². The van der Waals surface area contributed by atoms with Crippen molar-refractivity contribution in [2.24, 2.45) is 0 Å². The third-order valence-corrected chi connectivity index (χ3v) is 3.46. The summed E-state index contributed by atoms with van der Waals surface area (Å²) >= 11 is 3.45. The van der Waals surface area contributed by atoms with Crippen LogP contribution in [-0.4, -0.2) is 16.3 Å². The monoisotopic (exact) mass is 307 g/mol. The van der Waals surface area contributed by atoms with E-state index in [9.17, 15) is 0 Å². The second-order valence-corrected chi connectivity index (χ2v) is 5.05. The predicted molar refractivity (Wildman–Crippen MR) is 78.0 cm³/mol. The van der Waals surface area contributed by atoms with Gasteiger partial charge < -0.3 is 5.32 Å². The van der Waals surface area contributed by atoms with Crippen LogP contribution in [-0.2, 0) is 13.0 Å². The highest BCUT2D eigenvalue weighted by Crippen LogP contribution is 2.18. The minimum atomic E-state index is 0.885. The topological polar surface area (TPSA) is 29.9 Å². The third-order valence-electron chi connectivity index (χ3n) is 2.93. The standard InChI is InChI=1S/C14H18BrN3/c1-3-14-11(9-16-4-2)10-17-18(14)13-7-5-12(15)6-8-13/h5-8,10,16H,3-4,9H2,1-2H3. The minimum absolute atomic E-state index is 0.885. The second-order valence-electron chi connectivity index (χ2n) is 4.14. The molecule has 2 aromatic rings. The molecule has 3 nitrogen and oxygen atoms in total. The molecule has 1 aromatic heterocycles. The molecule has 0 saturated carbocycles. The molecule has 18 heavy (non-hydrogen) atoms. The lowest BCUT2D eigenvalue weighted by atomic mass is 10.2. The fourth-order valence-electron chi connectivity index (χ4n) is 2.00. The van der Waals surface area contributed by atoms with Crippen LogP contribution in [0.15, 0.2) is 34.9 Å². The molecule has 0 fully saturated rings. The molecule has 0 aliphatic carbocycles. The zero-order chi connectivity index (χ0) is 13.0. The van der Waals surface area contributed by atoms with Crippen LogP contribution in [0, 0.1) is 0 Å². The van der Waals surface area contributed by atoms with Crippen LogP contribution in [0.2, 0.25) is 0 Å². The maximum atomic E-state index is 4.50. The summed E-state index contributed by atoms with van der Waals surface area (Å²) in [6.07, 6.45) is 2.94. The van der Waals surface area contributed by atoms with Crippen LogP contribution in [0.5, 0.6) is 0 Å². The summed E-state index contributed by atoms with van der Waals surface area (Å²) in [5.41, 5.74) is 3.67. The maximum absolute atomic E-state index is 4.50. The fourth-order valence-corrected chi connectivity index (χ4v) is 2.26. The Bertz CT molecular complexity index is 502. The van der Waals surface area contributed by atoms with Crippen LogP contribution in [0.3, 0.4) is 0 Å². The highest BCUT2D eigenvalue weighted by molar-refractivity contribution is 9.10. The number of nitrogens with zero attached hydrogens (tertiary/aromatic N) is 2. The van der Waals surface area contributed by atoms with Crippen molar-refractivity contribution in [2.45, 2.75) is 26.8 Å². The number of halogens is 1.